The molecule has 1 aliphatic carbocycles. The standard InChI is InChI=1S/C15H23NO3/c16-14(15(18)19)9-3-1-2-8-13(17)11-10-12-6-4-5-7-12/h4-6,14H,1-3,7-11,16H2,(H,18,19)/t14-/m0/s1. The van der Waals surface area contributed by atoms with Crippen molar-refractivity contribution in [3.05, 3.63) is 23.8 Å². The van der Waals surface area contributed by atoms with Gasteiger partial charge >= 0.3 is 5.97 Å². The number of carboxylic acid groups (broad SMARTS) is 1. The number of nitrogens with two attached hydrogens (primary N) is 1. The van der Waals surface area contributed by atoms with E-state index >= 15 is 0 Å². The third-order valence-electron chi connectivity index (χ3n) is 3.36. The lowest BCUT2D eigenvalue weighted by molar-refractivity contribution is -0.138. The summed E-state index contributed by atoms with van der Waals surface area (Å²) in [5.74, 6) is -0.648. The van der Waals surface area contributed by atoms with Crippen molar-refractivity contribution in [3.8, 4) is 0 Å². The van der Waals surface area contributed by atoms with E-state index in [-0.39, 0.29) is 0 Å². The van der Waals surface area contributed by atoms with E-state index in [0.717, 1.165) is 32.1 Å². The number of rotatable bonds is 10. The number of Topliss-reactive ketones (excluding diaryl/α,β-unsaturated/α-hetero) is 1. The van der Waals surface area contributed by atoms with Gasteiger partial charge in [0.25, 0.3) is 0 Å². The largest absolute Gasteiger partial charge is 0.480 e. The Morgan fingerprint density at radius 3 is 2.68 bits per heavy atom. The van der Waals surface area contributed by atoms with Crippen molar-refractivity contribution in [2.45, 2.75) is 57.4 Å². The fourth-order valence-electron chi connectivity index (χ4n) is 2.09. The summed E-state index contributed by atoms with van der Waals surface area (Å²) in [5, 5.41) is 8.61. The van der Waals surface area contributed by atoms with Gasteiger partial charge < -0.3 is 10.8 Å². The zero-order valence-electron chi connectivity index (χ0n) is 11.3. The van der Waals surface area contributed by atoms with Gasteiger partial charge in [0.1, 0.15) is 11.8 Å². The van der Waals surface area contributed by atoms with Gasteiger partial charge in [-0.25, -0.2) is 0 Å². The van der Waals surface area contributed by atoms with E-state index in [2.05, 4.69) is 12.2 Å². The second kappa shape index (κ2) is 8.64. The molecule has 0 fully saturated rings. The summed E-state index contributed by atoms with van der Waals surface area (Å²) in [6.07, 6.45) is 12.3. The molecule has 4 heteroatoms. The molecule has 1 rings (SSSR count). The monoisotopic (exact) mass is 265 g/mol. The topological polar surface area (TPSA) is 80.4 Å². The van der Waals surface area contributed by atoms with Crippen LogP contribution in [0.25, 0.3) is 0 Å². The number of unbranched alkanes of at least 4 members (excludes halogenated alkanes) is 2. The number of hydrogen-bond acceptors (Lipinski definition) is 3. The molecule has 0 spiro atoms. The first-order valence-electron chi connectivity index (χ1n) is 6.94. The molecule has 0 amide bonds. The van der Waals surface area contributed by atoms with Crippen LogP contribution >= 0.6 is 0 Å². The van der Waals surface area contributed by atoms with Crippen LogP contribution in [0.5, 0.6) is 0 Å². The molecule has 19 heavy (non-hydrogen) atoms. The highest BCUT2D eigenvalue weighted by Crippen LogP contribution is 2.17. The quantitative estimate of drug-likeness (QED) is 0.595. The van der Waals surface area contributed by atoms with Crippen LogP contribution < -0.4 is 5.73 Å². The number of hydrogen-bond donors (Lipinski definition) is 2. The Morgan fingerprint density at radius 1 is 1.26 bits per heavy atom. The fourth-order valence-corrected chi connectivity index (χ4v) is 2.09. The summed E-state index contributed by atoms with van der Waals surface area (Å²) in [4.78, 5) is 22.1. The summed E-state index contributed by atoms with van der Waals surface area (Å²) in [7, 11) is 0. The Bertz CT molecular complexity index is 372. The molecule has 0 aliphatic heterocycles. The molecular weight excluding hydrogens is 242 g/mol. The van der Waals surface area contributed by atoms with E-state index in [1.54, 1.807) is 0 Å². The fraction of sp³-hybridized carbons (Fsp3) is 0.600. The van der Waals surface area contributed by atoms with Crippen LogP contribution in [0.1, 0.15) is 51.4 Å². The Morgan fingerprint density at radius 2 is 2.05 bits per heavy atom. The Labute approximate surface area is 114 Å². The first kappa shape index (κ1) is 15.6. The SMILES string of the molecule is N[C@@H](CCCCCC(=O)CCC1=CC=CC1)C(=O)O. The van der Waals surface area contributed by atoms with Crippen LogP contribution in [-0.2, 0) is 9.59 Å². The van der Waals surface area contributed by atoms with Crippen LogP contribution in [-0.4, -0.2) is 22.9 Å². The molecule has 3 N–H and O–H groups in total. The van der Waals surface area contributed by atoms with Gasteiger partial charge in [-0.3, -0.25) is 9.59 Å². The zero-order valence-corrected chi connectivity index (χ0v) is 11.3. The van der Waals surface area contributed by atoms with Gasteiger partial charge in [0.2, 0.25) is 0 Å². The molecule has 0 aromatic heterocycles. The van der Waals surface area contributed by atoms with Gasteiger partial charge in [0.05, 0.1) is 0 Å². The second-order valence-corrected chi connectivity index (χ2v) is 5.04. The van der Waals surface area contributed by atoms with Crippen molar-refractivity contribution in [2.24, 2.45) is 5.73 Å². The average Bonchev–Trinajstić information content (AvgIpc) is 2.88. The minimum atomic E-state index is -0.950. The van der Waals surface area contributed by atoms with Gasteiger partial charge in [-0.1, -0.05) is 36.6 Å². The third kappa shape index (κ3) is 6.91. The number of carbonyl (C=O) groups is 2. The maximum atomic E-state index is 11.6. The van der Waals surface area contributed by atoms with Crippen molar-refractivity contribution in [1.29, 1.82) is 0 Å². The highest BCUT2D eigenvalue weighted by Gasteiger charge is 2.10. The lowest BCUT2D eigenvalue weighted by atomic mass is 10.0. The highest BCUT2D eigenvalue weighted by atomic mass is 16.4. The highest BCUT2D eigenvalue weighted by molar-refractivity contribution is 5.78. The predicted molar refractivity (Wildman–Crippen MR) is 74.8 cm³/mol. The van der Waals surface area contributed by atoms with Gasteiger partial charge in [-0.2, -0.15) is 0 Å². The number of ketones is 1. The first-order valence-corrected chi connectivity index (χ1v) is 6.94. The minimum absolute atomic E-state index is 0.301. The molecule has 0 bridgehead atoms. The summed E-state index contributed by atoms with van der Waals surface area (Å²) in [5.41, 5.74) is 6.73. The van der Waals surface area contributed by atoms with Crippen molar-refractivity contribution >= 4 is 11.8 Å². The van der Waals surface area contributed by atoms with Crippen molar-refractivity contribution in [3.63, 3.8) is 0 Å². The van der Waals surface area contributed by atoms with Crippen LogP contribution in [0, 0.1) is 0 Å². The maximum absolute atomic E-state index is 11.6. The van der Waals surface area contributed by atoms with Crippen LogP contribution in [0.2, 0.25) is 0 Å². The lowest BCUT2D eigenvalue weighted by Crippen LogP contribution is -2.29. The molecule has 0 saturated carbocycles. The predicted octanol–water partition coefficient (Wildman–Crippen LogP) is 2.58. The molecule has 4 nitrogen and oxygen atoms in total. The Balaban J connectivity index is 1.97. The summed E-state index contributed by atoms with van der Waals surface area (Å²) < 4.78 is 0. The molecule has 0 heterocycles. The second-order valence-electron chi connectivity index (χ2n) is 5.04. The Kier molecular flexibility index (Phi) is 7.11. The van der Waals surface area contributed by atoms with Crippen LogP contribution in [0.3, 0.4) is 0 Å². The molecular formula is C15H23NO3. The molecule has 1 aliphatic rings. The van der Waals surface area contributed by atoms with Gasteiger partial charge in [-0.05, 0) is 25.7 Å². The smallest absolute Gasteiger partial charge is 0.320 e. The summed E-state index contributed by atoms with van der Waals surface area (Å²) in [6.45, 7) is 0. The number of aliphatic carboxylic acids is 1. The van der Waals surface area contributed by atoms with E-state index < -0.39 is 12.0 Å². The average molecular weight is 265 g/mol. The number of allylic oxidation sites excluding steroid dienone is 4. The van der Waals surface area contributed by atoms with E-state index in [9.17, 15) is 9.59 Å². The van der Waals surface area contributed by atoms with Crippen LogP contribution in [0.15, 0.2) is 23.8 Å². The minimum Gasteiger partial charge on any atom is -0.480 e. The van der Waals surface area contributed by atoms with Crippen molar-refractivity contribution < 1.29 is 14.7 Å². The normalized spacial score (nSPS) is 15.3. The molecule has 0 radical (unpaired) electrons. The van der Waals surface area contributed by atoms with Gasteiger partial charge in [-0.15, -0.1) is 0 Å². The summed E-state index contributed by atoms with van der Waals surface area (Å²) >= 11 is 0. The van der Waals surface area contributed by atoms with Crippen molar-refractivity contribution in [2.75, 3.05) is 0 Å². The van der Waals surface area contributed by atoms with Gasteiger partial charge in [0, 0.05) is 12.8 Å². The third-order valence-corrected chi connectivity index (χ3v) is 3.36. The van der Waals surface area contributed by atoms with Gasteiger partial charge in [0.15, 0.2) is 0 Å². The zero-order chi connectivity index (χ0) is 14.1. The number of carboxylic acids is 1. The summed E-state index contributed by atoms with van der Waals surface area (Å²) in [6, 6.07) is -0.766. The van der Waals surface area contributed by atoms with Crippen LogP contribution in [0.4, 0.5) is 0 Å². The van der Waals surface area contributed by atoms with E-state index in [1.165, 1.54) is 5.57 Å². The molecule has 1 atom stereocenters. The van der Waals surface area contributed by atoms with E-state index in [1.807, 2.05) is 6.08 Å². The molecule has 0 unspecified atom stereocenters. The maximum Gasteiger partial charge on any atom is 0.320 e. The molecule has 0 aromatic rings. The van der Waals surface area contributed by atoms with E-state index in [4.69, 9.17) is 10.8 Å². The van der Waals surface area contributed by atoms with Crippen molar-refractivity contribution in [1.82, 2.24) is 0 Å². The Hall–Kier alpha value is -1.42. The first-order chi connectivity index (χ1) is 9.09. The molecule has 106 valence electrons. The molecule has 0 saturated heterocycles. The molecule has 0 aromatic carbocycles. The number of carbonyl (C=O) groups excluding carboxylic acids is 1. The van der Waals surface area contributed by atoms with E-state index in [0.29, 0.717) is 25.0 Å². The lowest BCUT2D eigenvalue weighted by Gasteiger charge is -2.05.